The molecule has 0 heterocycles. The van der Waals surface area contributed by atoms with Gasteiger partial charge >= 0.3 is 0 Å². The Labute approximate surface area is 114 Å². The minimum atomic E-state index is -0.341. The van der Waals surface area contributed by atoms with Crippen LogP contribution in [0.25, 0.3) is 0 Å². The molecule has 0 spiro atoms. The lowest BCUT2D eigenvalue weighted by atomic mass is 10.1. The molecule has 1 unspecified atom stereocenters. The molecule has 1 aromatic carbocycles. The van der Waals surface area contributed by atoms with E-state index in [1.165, 1.54) is 6.07 Å². The molecule has 0 aliphatic rings. The third-order valence-corrected chi connectivity index (χ3v) is 3.63. The fourth-order valence-electron chi connectivity index (χ4n) is 1.91. The molecule has 0 aromatic heterocycles. The second-order valence-corrected chi connectivity index (χ2v) is 4.87. The number of rotatable bonds is 7. The summed E-state index contributed by atoms with van der Waals surface area (Å²) in [5.41, 5.74) is 1.70. The number of nitro groups is 1. The van der Waals surface area contributed by atoms with Gasteiger partial charge in [0, 0.05) is 36.4 Å². The van der Waals surface area contributed by atoms with Gasteiger partial charge in [0.2, 0.25) is 0 Å². The number of nitro benzene ring substituents is 1. The quantitative estimate of drug-likeness (QED) is 0.608. The van der Waals surface area contributed by atoms with Crippen LogP contribution in [0.5, 0.6) is 0 Å². The van der Waals surface area contributed by atoms with Crippen molar-refractivity contribution in [3.8, 4) is 0 Å². The molecule has 106 valence electrons. The highest BCUT2D eigenvalue weighted by molar-refractivity contribution is 5.59. The molecule has 19 heavy (non-hydrogen) atoms. The van der Waals surface area contributed by atoms with Gasteiger partial charge in [-0.3, -0.25) is 10.1 Å². The van der Waals surface area contributed by atoms with Crippen LogP contribution in [0.1, 0.15) is 25.8 Å². The average molecular weight is 265 g/mol. The van der Waals surface area contributed by atoms with Crippen LogP contribution in [-0.2, 0) is 0 Å². The molecule has 0 saturated carbocycles. The minimum absolute atomic E-state index is 0.167. The minimum Gasteiger partial charge on any atom is -0.383 e. The van der Waals surface area contributed by atoms with Gasteiger partial charge in [0.05, 0.1) is 4.92 Å². The van der Waals surface area contributed by atoms with Gasteiger partial charge in [-0.25, -0.2) is 0 Å². The second kappa shape index (κ2) is 7.09. The van der Waals surface area contributed by atoms with E-state index in [1.807, 2.05) is 6.07 Å². The number of nitrogens with zero attached hydrogens (tertiary/aromatic N) is 2. The van der Waals surface area contributed by atoms with E-state index in [9.17, 15) is 10.1 Å². The van der Waals surface area contributed by atoms with Gasteiger partial charge in [0.1, 0.15) is 0 Å². The molecule has 0 bridgehead atoms. The van der Waals surface area contributed by atoms with Gasteiger partial charge in [-0.05, 0) is 33.4 Å². The van der Waals surface area contributed by atoms with Crippen molar-refractivity contribution in [1.29, 1.82) is 0 Å². The van der Waals surface area contributed by atoms with Crippen LogP contribution in [-0.4, -0.2) is 36.0 Å². The first-order valence-corrected chi connectivity index (χ1v) is 6.65. The Bertz CT molecular complexity index is 435. The van der Waals surface area contributed by atoms with E-state index in [2.05, 4.69) is 31.1 Å². The van der Waals surface area contributed by atoms with E-state index in [4.69, 9.17) is 0 Å². The van der Waals surface area contributed by atoms with Crippen molar-refractivity contribution < 1.29 is 4.92 Å². The summed E-state index contributed by atoms with van der Waals surface area (Å²) in [6.07, 6.45) is 1.12. The van der Waals surface area contributed by atoms with Crippen LogP contribution in [0.15, 0.2) is 18.2 Å². The summed E-state index contributed by atoms with van der Waals surface area (Å²) < 4.78 is 0. The van der Waals surface area contributed by atoms with Gasteiger partial charge in [-0.1, -0.05) is 13.0 Å². The summed E-state index contributed by atoms with van der Waals surface area (Å²) in [5, 5.41) is 14.1. The number of hydrogen-bond acceptors (Lipinski definition) is 4. The monoisotopic (exact) mass is 265 g/mol. The molecule has 1 rings (SSSR count). The van der Waals surface area contributed by atoms with Crippen LogP contribution in [0.3, 0.4) is 0 Å². The average Bonchev–Trinajstić information content (AvgIpc) is 2.39. The van der Waals surface area contributed by atoms with Crippen molar-refractivity contribution in [1.82, 2.24) is 4.90 Å². The van der Waals surface area contributed by atoms with Gasteiger partial charge in [-0.15, -0.1) is 0 Å². The summed E-state index contributed by atoms with van der Waals surface area (Å²) >= 11 is 0. The third-order valence-electron chi connectivity index (χ3n) is 3.63. The van der Waals surface area contributed by atoms with Gasteiger partial charge in [0.25, 0.3) is 5.69 Å². The Kier molecular flexibility index (Phi) is 5.76. The lowest BCUT2D eigenvalue weighted by molar-refractivity contribution is -0.385. The molecular weight excluding hydrogens is 242 g/mol. The first kappa shape index (κ1) is 15.4. The maximum Gasteiger partial charge on any atom is 0.274 e. The Balaban J connectivity index is 2.59. The number of benzene rings is 1. The molecule has 0 aliphatic carbocycles. The van der Waals surface area contributed by atoms with E-state index in [0.717, 1.165) is 25.2 Å². The molecule has 0 saturated heterocycles. The fourth-order valence-corrected chi connectivity index (χ4v) is 1.91. The Morgan fingerprint density at radius 1 is 1.47 bits per heavy atom. The zero-order chi connectivity index (χ0) is 14.4. The van der Waals surface area contributed by atoms with E-state index in [0.29, 0.717) is 11.6 Å². The third kappa shape index (κ3) is 4.21. The molecule has 0 amide bonds. The zero-order valence-electron chi connectivity index (χ0n) is 12.1. The maximum atomic E-state index is 10.9. The van der Waals surface area contributed by atoms with Crippen LogP contribution >= 0.6 is 0 Å². The van der Waals surface area contributed by atoms with Gasteiger partial charge in [-0.2, -0.15) is 0 Å². The van der Waals surface area contributed by atoms with Crippen molar-refractivity contribution in [2.45, 2.75) is 33.2 Å². The highest BCUT2D eigenvalue weighted by atomic mass is 16.6. The van der Waals surface area contributed by atoms with Crippen LogP contribution < -0.4 is 5.32 Å². The summed E-state index contributed by atoms with van der Waals surface area (Å²) in [6, 6.07) is 5.68. The van der Waals surface area contributed by atoms with Crippen molar-refractivity contribution >= 4 is 11.4 Å². The molecular formula is C14H23N3O2. The predicted molar refractivity (Wildman–Crippen MR) is 78.7 cm³/mol. The lowest BCUT2D eigenvalue weighted by Crippen LogP contribution is -2.32. The Morgan fingerprint density at radius 2 is 2.16 bits per heavy atom. The standard InChI is InChI=1S/C14H23N3O2/c1-5-11(2)16(4)10-9-15-13-7-6-8-14(12(13)3)17(18)19/h6-8,11,15H,5,9-10H2,1-4H3. The van der Waals surface area contributed by atoms with Crippen molar-refractivity contribution in [2.75, 3.05) is 25.5 Å². The van der Waals surface area contributed by atoms with E-state index >= 15 is 0 Å². The zero-order valence-corrected chi connectivity index (χ0v) is 12.1. The first-order valence-electron chi connectivity index (χ1n) is 6.65. The SMILES string of the molecule is CCC(C)N(C)CCNc1cccc([N+](=O)[O-])c1C. The van der Waals surface area contributed by atoms with Gasteiger partial charge < -0.3 is 10.2 Å². The number of likely N-dealkylation sites (N-methyl/N-ethyl adjacent to an activating group) is 1. The predicted octanol–water partition coefficient (Wildman–Crippen LogP) is 3.05. The summed E-state index contributed by atoms with van der Waals surface area (Å²) in [7, 11) is 2.09. The molecule has 0 fully saturated rings. The number of anilines is 1. The molecule has 1 N–H and O–H groups in total. The second-order valence-electron chi connectivity index (χ2n) is 4.87. The Hall–Kier alpha value is -1.62. The fraction of sp³-hybridized carbons (Fsp3) is 0.571. The number of hydrogen-bond donors (Lipinski definition) is 1. The smallest absolute Gasteiger partial charge is 0.274 e. The maximum absolute atomic E-state index is 10.9. The topological polar surface area (TPSA) is 58.4 Å². The van der Waals surface area contributed by atoms with Crippen LogP contribution in [0.4, 0.5) is 11.4 Å². The van der Waals surface area contributed by atoms with Crippen LogP contribution in [0.2, 0.25) is 0 Å². The summed E-state index contributed by atoms with van der Waals surface area (Å²) in [6.45, 7) is 7.83. The van der Waals surface area contributed by atoms with Gasteiger partial charge in [0.15, 0.2) is 0 Å². The van der Waals surface area contributed by atoms with E-state index in [-0.39, 0.29) is 10.6 Å². The van der Waals surface area contributed by atoms with Crippen molar-refractivity contribution in [3.63, 3.8) is 0 Å². The van der Waals surface area contributed by atoms with Crippen molar-refractivity contribution in [3.05, 3.63) is 33.9 Å². The normalized spacial score (nSPS) is 12.5. The van der Waals surface area contributed by atoms with Crippen LogP contribution in [0, 0.1) is 17.0 Å². The summed E-state index contributed by atoms with van der Waals surface area (Å²) in [5.74, 6) is 0. The summed E-state index contributed by atoms with van der Waals surface area (Å²) in [4.78, 5) is 12.8. The Morgan fingerprint density at radius 3 is 2.74 bits per heavy atom. The molecule has 0 radical (unpaired) electrons. The van der Waals surface area contributed by atoms with E-state index in [1.54, 1.807) is 13.0 Å². The largest absolute Gasteiger partial charge is 0.383 e. The molecule has 1 aromatic rings. The number of nitrogens with one attached hydrogen (secondary N) is 1. The molecule has 5 nitrogen and oxygen atoms in total. The molecule has 0 aliphatic heterocycles. The molecule has 1 atom stereocenters. The highest BCUT2D eigenvalue weighted by Gasteiger charge is 2.13. The van der Waals surface area contributed by atoms with E-state index < -0.39 is 0 Å². The molecule has 5 heteroatoms. The highest BCUT2D eigenvalue weighted by Crippen LogP contribution is 2.24. The van der Waals surface area contributed by atoms with Crippen molar-refractivity contribution in [2.24, 2.45) is 0 Å². The lowest BCUT2D eigenvalue weighted by Gasteiger charge is -2.23. The first-order chi connectivity index (χ1) is 8.97.